The predicted octanol–water partition coefficient (Wildman–Crippen LogP) is 4.72. The Kier molecular flexibility index (Phi) is 7.46. The summed E-state index contributed by atoms with van der Waals surface area (Å²) in [6, 6.07) is 9.29. The summed E-state index contributed by atoms with van der Waals surface area (Å²) in [5, 5.41) is 17.9. The van der Waals surface area contributed by atoms with E-state index >= 15 is 0 Å². The van der Waals surface area contributed by atoms with E-state index in [-0.39, 0.29) is 23.3 Å². The Morgan fingerprint density at radius 2 is 1.70 bits per heavy atom. The van der Waals surface area contributed by atoms with Crippen LogP contribution < -0.4 is 20.1 Å². The molecule has 0 radical (unpaired) electrons. The average Bonchev–Trinajstić information content (AvgIpc) is 2.80. The van der Waals surface area contributed by atoms with Crippen LogP contribution in [0.5, 0.6) is 11.5 Å². The highest BCUT2D eigenvalue weighted by Gasteiger charge is 2.25. The SMILES string of the molecule is CCOC(=O)c1ccc(Nc2ncnc(Nc3cc(Cl)c(OC)cc3OC)c2[N+](=O)[O-])cc1. The molecule has 0 saturated carbocycles. The average molecular weight is 474 g/mol. The van der Waals surface area contributed by atoms with Gasteiger partial charge in [0, 0.05) is 11.8 Å². The van der Waals surface area contributed by atoms with E-state index in [0.717, 1.165) is 0 Å². The first-order valence-electron chi connectivity index (χ1n) is 9.60. The third-order valence-electron chi connectivity index (χ3n) is 4.39. The van der Waals surface area contributed by atoms with Gasteiger partial charge in [-0.25, -0.2) is 14.8 Å². The quantitative estimate of drug-likeness (QED) is 0.255. The molecule has 2 aromatic carbocycles. The molecule has 1 aromatic heterocycles. The summed E-state index contributed by atoms with van der Waals surface area (Å²) in [6.07, 6.45) is 1.17. The molecule has 0 atom stereocenters. The second-order valence-electron chi connectivity index (χ2n) is 6.41. The summed E-state index contributed by atoms with van der Waals surface area (Å²) >= 11 is 6.19. The van der Waals surface area contributed by atoms with E-state index in [4.69, 9.17) is 25.8 Å². The monoisotopic (exact) mass is 473 g/mol. The number of aromatic nitrogens is 2. The van der Waals surface area contributed by atoms with E-state index in [1.54, 1.807) is 25.1 Å². The molecule has 0 unspecified atom stereocenters. The third-order valence-corrected chi connectivity index (χ3v) is 4.69. The summed E-state index contributed by atoms with van der Waals surface area (Å²) in [4.78, 5) is 31.1. The van der Waals surface area contributed by atoms with Crippen molar-refractivity contribution < 1.29 is 23.9 Å². The first-order valence-corrected chi connectivity index (χ1v) is 9.97. The molecule has 1 heterocycles. The van der Waals surface area contributed by atoms with E-state index in [1.165, 1.54) is 38.7 Å². The highest BCUT2D eigenvalue weighted by molar-refractivity contribution is 6.32. The molecule has 11 nitrogen and oxygen atoms in total. The highest BCUT2D eigenvalue weighted by Crippen LogP contribution is 2.39. The molecule has 33 heavy (non-hydrogen) atoms. The number of benzene rings is 2. The number of nitro groups is 1. The Bertz CT molecular complexity index is 1170. The molecule has 12 heteroatoms. The topological polar surface area (TPSA) is 138 Å². The van der Waals surface area contributed by atoms with Gasteiger partial charge in [-0.1, -0.05) is 11.6 Å². The van der Waals surface area contributed by atoms with Crippen LogP contribution in [0.1, 0.15) is 17.3 Å². The molecule has 2 N–H and O–H groups in total. The zero-order chi connectivity index (χ0) is 24.0. The fraction of sp³-hybridized carbons (Fsp3) is 0.190. The first kappa shape index (κ1) is 23.5. The van der Waals surface area contributed by atoms with Crippen LogP contribution in [0.15, 0.2) is 42.7 Å². The van der Waals surface area contributed by atoms with Gasteiger partial charge in [-0.05, 0) is 37.3 Å². The number of hydrogen-bond acceptors (Lipinski definition) is 10. The molecular formula is C21H20ClN5O6. The lowest BCUT2D eigenvalue weighted by Crippen LogP contribution is -2.07. The maximum Gasteiger partial charge on any atom is 0.353 e. The van der Waals surface area contributed by atoms with E-state index in [1.807, 2.05) is 0 Å². The number of carbonyl (C=O) groups is 1. The fourth-order valence-corrected chi connectivity index (χ4v) is 3.10. The number of carbonyl (C=O) groups excluding carboxylic acids is 1. The van der Waals surface area contributed by atoms with Gasteiger partial charge in [0.1, 0.15) is 17.8 Å². The lowest BCUT2D eigenvalue weighted by molar-refractivity contribution is -0.383. The highest BCUT2D eigenvalue weighted by atomic mass is 35.5. The fourth-order valence-electron chi connectivity index (χ4n) is 2.86. The normalized spacial score (nSPS) is 10.3. The van der Waals surface area contributed by atoms with E-state index in [9.17, 15) is 14.9 Å². The summed E-state index contributed by atoms with van der Waals surface area (Å²) in [5.74, 6) is 0.119. The van der Waals surface area contributed by atoms with Crippen molar-refractivity contribution >= 4 is 46.3 Å². The van der Waals surface area contributed by atoms with Gasteiger partial charge in [0.15, 0.2) is 0 Å². The minimum absolute atomic E-state index is 0.0556. The largest absolute Gasteiger partial charge is 0.495 e. The van der Waals surface area contributed by atoms with Gasteiger partial charge in [0.2, 0.25) is 11.6 Å². The Labute approximate surface area is 193 Å². The maximum absolute atomic E-state index is 11.9. The van der Waals surface area contributed by atoms with Crippen molar-refractivity contribution in [2.24, 2.45) is 0 Å². The van der Waals surface area contributed by atoms with E-state index in [2.05, 4.69) is 20.6 Å². The number of esters is 1. The van der Waals surface area contributed by atoms with Crippen LogP contribution in [0.25, 0.3) is 0 Å². The van der Waals surface area contributed by atoms with Crippen LogP contribution in [0.4, 0.5) is 28.7 Å². The van der Waals surface area contributed by atoms with E-state index < -0.39 is 16.6 Å². The van der Waals surface area contributed by atoms with Crippen LogP contribution in [-0.4, -0.2) is 41.7 Å². The van der Waals surface area contributed by atoms with Crippen LogP contribution in [0, 0.1) is 10.1 Å². The molecule has 0 amide bonds. The molecular weight excluding hydrogens is 454 g/mol. The van der Waals surface area contributed by atoms with Crippen molar-refractivity contribution in [1.82, 2.24) is 9.97 Å². The number of rotatable bonds is 9. The zero-order valence-electron chi connectivity index (χ0n) is 17.9. The number of hydrogen-bond donors (Lipinski definition) is 2. The lowest BCUT2D eigenvalue weighted by atomic mass is 10.2. The van der Waals surface area contributed by atoms with Crippen LogP contribution in [-0.2, 0) is 4.74 Å². The number of ether oxygens (including phenoxy) is 3. The van der Waals surface area contributed by atoms with Crippen molar-refractivity contribution in [3.05, 3.63) is 63.4 Å². The van der Waals surface area contributed by atoms with Gasteiger partial charge in [-0.3, -0.25) is 10.1 Å². The first-order chi connectivity index (χ1) is 15.9. The molecule has 3 rings (SSSR count). The van der Waals surface area contributed by atoms with Gasteiger partial charge in [0.05, 0.1) is 42.0 Å². The molecule has 0 spiro atoms. The molecule has 0 bridgehead atoms. The zero-order valence-corrected chi connectivity index (χ0v) is 18.7. The number of nitrogens with one attached hydrogen (secondary N) is 2. The number of anilines is 4. The molecule has 0 saturated heterocycles. The minimum atomic E-state index is -0.616. The Hall–Kier alpha value is -4.12. The molecule has 3 aromatic rings. The predicted molar refractivity (Wildman–Crippen MR) is 122 cm³/mol. The molecule has 0 aliphatic heterocycles. The lowest BCUT2D eigenvalue weighted by Gasteiger charge is -2.14. The molecule has 0 fully saturated rings. The number of halogens is 1. The van der Waals surface area contributed by atoms with Gasteiger partial charge >= 0.3 is 11.7 Å². The van der Waals surface area contributed by atoms with Crippen molar-refractivity contribution in [3.8, 4) is 11.5 Å². The summed E-state index contributed by atoms with van der Waals surface area (Å²) < 4.78 is 15.4. The van der Waals surface area contributed by atoms with Gasteiger partial charge in [-0.2, -0.15) is 0 Å². The Morgan fingerprint density at radius 1 is 1.06 bits per heavy atom. The number of methoxy groups -OCH3 is 2. The number of nitrogens with zero attached hydrogens (tertiary/aromatic N) is 3. The summed E-state index contributed by atoms with van der Waals surface area (Å²) in [6.45, 7) is 1.97. The minimum Gasteiger partial charge on any atom is -0.495 e. The van der Waals surface area contributed by atoms with Crippen molar-refractivity contribution in [3.63, 3.8) is 0 Å². The maximum atomic E-state index is 11.9. The van der Waals surface area contributed by atoms with Gasteiger partial charge < -0.3 is 24.8 Å². The standard InChI is InChI=1S/C21H20ClN5O6/c1-4-33-21(28)12-5-7-13(8-6-12)25-19-18(27(29)30)20(24-11-23-19)26-15-9-14(22)16(31-2)10-17(15)32-3/h5-11H,4H2,1-3H3,(H2,23,24,25,26). The second-order valence-corrected chi connectivity index (χ2v) is 6.82. The molecule has 0 aliphatic carbocycles. The van der Waals surface area contributed by atoms with E-state index in [0.29, 0.717) is 28.4 Å². The summed E-state index contributed by atoms with van der Waals surface area (Å²) in [5.41, 5.74) is 0.766. The van der Waals surface area contributed by atoms with Gasteiger partial charge in [0.25, 0.3) is 0 Å². The van der Waals surface area contributed by atoms with Crippen LogP contribution in [0.3, 0.4) is 0 Å². The Balaban J connectivity index is 1.93. The Morgan fingerprint density at radius 3 is 2.27 bits per heavy atom. The van der Waals surface area contributed by atoms with Crippen molar-refractivity contribution in [1.29, 1.82) is 0 Å². The van der Waals surface area contributed by atoms with Crippen molar-refractivity contribution in [2.45, 2.75) is 6.92 Å². The summed E-state index contributed by atoms with van der Waals surface area (Å²) in [7, 11) is 2.90. The van der Waals surface area contributed by atoms with Crippen molar-refractivity contribution in [2.75, 3.05) is 31.5 Å². The second kappa shape index (κ2) is 10.5. The van der Waals surface area contributed by atoms with Gasteiger partial charge in [-0.15, -0.1) is 0 Å². The van der Waals surface area contributed by atoms with Crippen LogP contribution in [0.2, 0.25) is 5.02 Å². The third kappa shape index (κ3) is 5.39. The molecule has 0 aliphatic rings. The smallest absolute Gasteiger partial charge is 0.353 e. The van der Waals surface area contributed by atoms with Crippen LogP contribution >= 0.6 is 11.6 Å². The molecule has 172 valence electrons.